The Morgan fingerprint density at radius 2 is 1.81 bits per heavy atom. The molecule has 0 atom stereocenters. The Morgan fingerprint density at radius 3 is 2.67 bits per heavy atom. The predicted octanol–water partition coefficient (Wildman–Crippen LogP) is 3.60. The number of ether oxygens (including phenoxy) is 2. The van der Waals surface area contributed by atoms with Crippen molar-refractivity contribution in [1.82, 2.24) is 19.4 Å². The Morgan fingerprint density at radius 1 is 0.944 bits per heavy atom. The van der Waals surface area contributed by atoms with E-state index >= 15 is 0 Å². The maximum absolute atomic E-state index is 6.07. The smallest absolute Gasteiger partial charge is 0.139 e. The number of imidazole rings is 1. The van der Waals surface area contributed by atoms with Gasteiger partial charge in [0.25, 0.3) is 0 Å². The molecule has 0 radical (unpaired) electrons. The Bertz CT molecular complexity index is 1320. The Hall–Kier alpha value is -3.20. The third kappa shape index (κ3) is 5.02. The Kier molecular flexibility index (Phi) is 6.72. The zero-order chi connectivity index (χ0) is 24.3. The van der Waals surface area contributed by atoms with Gasteiger partial charge in [-0.1, -0.05) is 0 Å². The van der Waals surface area contributed by atoms with Crippen molar-refractivity contribution >= 4 is 27.6 Å². The van der Waals surface area contributed by atoms with Gasteiger partial charge in [-0.25, -0.2) is 9.97 Å². The molecule has 2 aliphatic rings. The summed E-state index contributed by atoms with van der Waals surface area (Å²) in [4.78, 5) is 14.4. The Labute approximate surface area is 211 Å². The number of rotatable bonds is 7. The fraction of sp³-hybridized carbons (Fsp3) is 0.429. The van der Waals surface area contributed by atoms with Gasteiger partial charge in [-0.2, -0.15) is 0 Å². The van der Waals surface area contributed by atoms with E-state index < -0.39 is 0 Å². The quantitative estimate of drug-likeness (QED) is 0.400. The maximum Gasteiger partial charge on any atom is 0.139 e. The molecular formula is C28H34N6O2. The summed E-state index contributed by atoms with van der Waals surface area (Å²) in [5.41, 5.74) is 10.2. The van der Waals surface area contributed by atoms with Crippen LogP contribution in [0.2, 0.25) is 0 Å². The average Bonchev–Trinajstić information content (AvgIpc) is 3.35. The van der Waals surface area contributed by atoms with E-state index in [0.29, 0.717) is 12.6 Å². The fourth-order valence-corrected chi connectivity index (χ4v) is 5.16. The number of piperidine rings is 1. The van der Waals surface area contributed by atoms with Crippen molar-refractivity contribution in [3.05, 3.63) is 54.9 Å². The molecule has 0 spiro atoms. The monoisotopic (exact) mass is 486 g/mol. The molecule has 0 unspecified atom stereocenters. The van der Waals surface area contributed by atoms with Crippen molar-refractivity contribution in [2.75, 3.05) is 57.4 Å². The highest BCUT2D eigenvalue weighted by atomic mass is 16.5. The van der Waals surface area contributed by atoms with Crippen molar-refractivity contribution in [1.29, 1.82) is 0 Å². The summed E-state index contributed by atoms with van der Waals surface area (Å²) in [6.07, 6.45) is 4.93. The topological polar surface area (TPSA) is 81.7 Å². The zero-order valence-electron chi connectivity index (χ0n) is 20.7. The molecule has 2 saturated heterocycles. The lowest BCUT2D eigenvalue weighted by molar-refractivity contribution is 0.0358. The van der Waals surface area contributed by atoms with Gasteiger partial charge in [-0.15, -0.1) is 0 Å². The van der Waals surface area contributed by atoms with Crippen molar-refractivity contribution in [2.24, 2.45) is 5.73 Å². The first-order valence-corrected chi connectivity index (χ1v) is 13.0. The van der Waals surface area contributed by atoms with Gasteiger partial charge in [0, 0.05) is 55.9 Å². The first-order valence-electron chi connectivity index (χ1n) is 13.0. The number of morpholine rings is 1. The number of anilines is 1. The second-order valence-electron chi connectivity index (χ2n) is 9.79. The standard InChI is InChI=1S/C28H34N6O2/c29-22-8-11-33(12-9-22)23-3-5-25-21(18-23)2-7-28(31-25)34-20-30-26-19-24(4-6-27(26)34)36-15-1-10-32-13-16-35-17-14-32/h2-7,18-20,22H,1,8-17,29H2. The number of nitrogens with zero attached hydrogens (tertiary/aromatic N) is 5. The number of fused-ring (bicyclic) bond motifs is 2. The number of nitrogens with two attached hydrogens (primary N) is 1. The summed E-state index contributed by atoms with van der Waals surface area (Å²) in [7, 11) is 0. The summed E-state index contributed by atoms with van der Waals surface area (Å²) < 4.78 is 13.5. The Balaban J connectivity index is 1.13. The second kappa shape index (κ2) is 10.4. The molecule has 8 heteroatoms. The van der Waals surface area contributed by atoms with Crippen LogP contribution in [0, 0.1) is 0 Å². The van der Waals surface area contributed by atoms with Crippen molar-refractivity contribution in [3.63, 3.8) is 0 Å². The summed E-state index contributed by atoms with van der Waals surface area (Å²) in [5.74, 6) is 1.72. The average molecular weight is 487 g/mol. The van der Waals surface area contributed by atoms with Crippen LogP contribution in [0.15, 0.2) is 54.9 Å². The van der Waals surface area contributed by atoms with E-state index in [9.17, 15) is 0 Å². The number of pyridine rings is 1. The van der Waals surface area contributed by atoms with Gasteiger partial charge in [0.1, 0.15) is 17.9 Å². The largest absolute Gasteiger partial charge is 0.493 e. The van der Waals surface area contributed by atoms with Gasteiger partial charge in [0.2, 0.25) is 0 Å². The van der Waals surface area contributed by atoms with E-state index in [2.05, 4.69) is 51.2 Å². The van der Waals surface area contributed by atoms with Gasteiger partial charge in [0.05, 0.1) is 36.4 Å². The molecule has 0 amide bonds. The lowest BCUT2D eigenvalue weighted by atomic mass is 10.0. The molecule has 2 N–H and O–H groups in total. The van der Waals surface area contributed by atoms with Crippen LogP contribution in [0.1, 0.15) is 19.3 Å². The van der Waals surface area contributed by atoms with Gasteiger partial charge >= 0.3 is 0 Å². The number of hydrogen-bond donors (Lipinski definition) is 1. The van der Waals surface area contributed by atoms with Crippen LogP contribution in [0.3, 0.4) is 0 Å². The summed E-state index contributed by atoms with van der Waals surface area (Å²) >= 11 is 0. The molecule has 188 valence electrons. The number of benzene rings is 2. The molecule has 2 aromatic carbocycles. The normalized spacial score (nSPS) is 17.8. The maximum atomic E-state index is 6.07. The van der Waals surface area contributed by atoms with Gasteiger partial charge in [-0.05, 0) is 61.7 Å². The lowest BCUT2D eigenvalue weighted by Gasteiger charge is -2.32. The molecule has 8 nitrogen and oxygen atoms in total. The first-order chi connectivity index (χ1) is 17.7. The van der Waals surface area contributed by atoms with Gasteiger partial charge in [0.15, 0.2) is 0 Å². The number of aromatic nitrogens is 3. The highest BCUT2D eigenvalue weighted by molar-refractivity contribution is 5.84. The minimum Gasteiger partial charge on any atom is -0.493 e. The highest BCUT2D eigenvalue weighted by Crippen LogP contribution is 2.27. The van der Waals surface area contributed by atoms with Crippen molar-refractivity contribution < 1.29 is 9.47 Å². The van der Waals surface area contributed by atoms with E-state index in [-0.39, 0.29) is 0 Å². The van der Waals surface area contributed by atoms with Crippen LogP contribution in [0.4, 0.5) is 5.69 Å². The van der Waals surface area contributed by atoms with E-state index in [0.717, 1.165) is 98.7 Å². The predicted molar refractivity (Wildman–Crippen MR) is 143 cm³/mol. The molecular weight excluding hydrogens is 452 g/mol. The SMILES string of the molecule is NC1CCN(c2ccc3nc(-n4cnc5cc(OCCCN6CCOCC6)ccc54)ccc3c2)CC1. The van der Waals surface area contributed by atoms with Crippen LogP contribution in [0.5, 0.6) is 5.75 Å². The van der Waals surface area contributed by atoms with Gasteiger partial charge < -0.3 is 20.1 Å². The van der Waals surface area contributed by atoms with Crippen molar-refractivity contribution in [2.45, 2.75) is 25.3 Å². The van der Waals surface area contributed by atoms with E-state index in [4.69, 9.17) is 20.2 Å². The molecule has 4 aromatic rings. The van der Waals surface area contributed by atoms with Crippen LogP contribution in [-0.2, 0) is 4.74 Å². The number of hydrogen-bond acceptors (Lipinski definition) is 7. The summed E-state index contributed by atoms with van der Waals surface area (Å²) in [6.45, 7) is 7.46. The second-order valence-corrected chi connectivity index (χ2v) is 9.79. The van der Waals surface area contributed by atoms with E-state index in [1.165, 1.54) is 5.69 Å². The van der Waals surface area contributed by atoms with Crippen LogP contribution < -0.4 is 15.4 Å². The molecule has 4 heterocycles. The highest BCUT2D eigenvalue weighted by Gasteiger charge is 2.17. The van der Waals surface area contributed by atoms with E-state index in [1.54, 1.807) is 0 Å². The molecule has 6 rings (SSSR count). The van der Waals surface area contributed by atoms with Crippen LogP contribution >= 0.6 is 0 Å². The lowest BCUT2D eigenvalue weighted by Crippen LogP contribution is -2.39. The van der Waals surface area contributed by atoms with Gasteiger partial charge in [-0.3, -0.25) is 9.47 Å². The fourth-order valence-electron chi connectivity index (χ4n) is 5.16. The van der Waals surface area contributed by atoms with Crippen molar-refractivity contribution in [3.8, 4) is 11.6 Å². The van der Waals surface area contributed by atoms with E-state index in [1.807, 2.05) is 23.0 Å². The molecule has 2 fully saturated rings. The molecule has 2 aliphatic heterocycles. The molecule has 0 bridgehead atoms. The summed E-state index contributed by atoms with van der Waals surface area (Å²) in [5, 5.41) is 1.14. The minimum absolute atomic E-state index is 0.332. The molecule has 0 saturated carbocycles. The van der Waals surface area contributed by atoms with Crippen LogP contribution in [0.25, 0.3) is 27.8 Å². The zero-order valence-corrected chi connectivity index (χ0v) is 20.7. The molecule has 0 aliphatic carbocycles. The minimum atomic E-state index is 0.332. The third-order valence-corrected chi connectivity index (χ3v) is 7.32. The molecule has 2 aromatic heterocycles. The van der Waals surface area contributed by atoms with Crippen LogP contribution in [-0.4, -0.2) is 78.0 Å². The molecule has 36 heavy (non-hydrogen) atoms. The third-order valence-electron chi connectivity index (χ3n) is 7.32. The first kappa shape index (κ1) is 23.2. The summed E-state index contributed by atoms with van der Waals surface area (Å²) in [6, 6.07) is 17.2.